The number of nitro groups is 1. The number of sulfonamides is 1. The van der Waals surface area contributed by atoms with Crippen LogP contribution in [0.15, 0.2) is 41.6 Å². The first-order valence-corrected chi connectivity index (χ1v) is 6.66. The molecule has 0 bridgehead atoms. The van der Waals surface area contributed by atoms with Crippen LogP contribution < -0.4 is 4.72 Å². The standard InChI is InChI=1S/C10H8N4O5S/c15-8-2-1-5-11-10(8)13-20(18,19)7-3-4-9(12-6-7)14(16)17/h1-6,15H,(H,11,13). The van der Waals surface area contributed by atoms with Crippen LogP contribution in [0.3, 0.4) is 0 Å². The molecule has 20 heavy (non-hydrogen) atoms. The van der Waals surface area contributed by atoms with E-state index in [2.05, 4.69) is 14.7 Å². The molecule has 2 rings (SSSR count). The number of hydrogen-bond donors (Lipinski definition) is 2. The third kappa shape index (κ3) is 2.80. The van der Waals surface area contributed by atoms with Gasteiger partial charge in [-0.05, 0) is 28.1 Å². The second-order valence-electron chi connectivity index (χ2n) is 3.59. The molecular weight excluding hydrogens is 288 g/mol. The number of rotatable bonds is 4. The molecule has 2 heterocycles. The minimum absolute atomic E-state index is 0.245. The molecule has 2 aromatic rings. The lowest BCUT2D eigenvalue weighted by Crippen LogP contribution is -2.14. The van der Waals surface area contributed by atoms with E-state index in [9.17, 15) is 23.6 Å². The van der Waals surface area contributed by atoms with Crippen molar-refractivity contribution in [1.82, 2.24) is 9.97 Å². The summed E-state index contributed by atoms with van der Waals surface area (Å²) in [5.41, 5.74) is 0. The van der Waals surface area contributed by atoms with Gasteiger partial charge in [-0.2, -0.15) is 0 Å². The second kappa shape index (κ2) is 5.09. The van der Waals surface area contributed by atoms with Crippen molar-refractivity contribution in [2.45, 2.75) is 4.90 Å². The fourth-order valence-electron chi connectivity index (χ4n) is 1.30. The summed E-state index contributed by atoms with van der Waals surface area (Å²) in [4.78, 5) is 16.5. The minimum Gasteiger partial charge on any atom is -0.504 e. The smallest absolute Gasteiger partial charge is 0.363 e. The van der Waals surface area contributed by atoms with E-state index in [1.54, 1.807) is 0 Å². The molecule has 0 amide bonds. The maximum atomic E-state index is 12.0. The van der Waals surface area contributed by atoms with Crippen LogP contribution in [0.1, 0.15) is 0 Å². The zero-order valence-electron chi connectivity index (χ0n) is 9.79. The van der Waals surface area contributed by atoms with E-state index in [1.165, 1.54) is 18.3 Å². The highest BCUT2D eigenvalue weighted by Crippen LogP contribution is 2.22. The zero-order valence-corrected chi connectivity index (χ0v) is 10.6. The van der Waals surface area contributed by atoms with Gasteiger partial charge in [0.05, 0.1) is 0 Å². The van der Waals surface area contributed by atoms with Gasteiger partial charge in [-0.1, -0.05) is 0 Å². The lowest BCUT2D eigenvalue weighted by molar-refractivity contribution is -0.389. The molecule has 0 aliphatic heterocycles. The number of anilines is 1. The van der Waals surface area contributed by atoms with E-state index in [1.807, 2.05) is 0 Å². The van der Waals surface area contributed by atoms with E-state index in [4.69, 9.17) is 0 Å². The minimum atomic E-state index is -4.04. The number of aromatic hydroxyl groups is 1. The molecule has 2 N–H and O–H groups in total. The SMILES string of the molecule is O=[N+]([O-])c1ccc(S(=O)(=O)Nc2ncccc2O)cn1. The highest BCUT2D eigenvalue weighted by molar-refractivity contribution is 7.92. The summed E-state index contributed by atoms with van der Waals surface area (Å²) in [5.74, 6) is -1.05. The van der Waals surface area contributed by atoms with E-state index < -0.39 is 20.8 Å². The molecule has 0 aliphatic carbocycles. The number of pyridine rings is 2. The van der Waals surface area contributed by atoms with Gasteiger partial charge in [0.15, 0.2) is 17.8 Å². The summed E-state index contributed by atoms with van der Waals surface area (Å²) in [5, 5.41) is 19.9. The molecule has 0 fully saturated rings. The normalized spacial score (nSPS) is 11.0. The van der Waals surface area contributed by atoms with Gasteiger partial charge < -0.3 is 15.2 Å². The van der Waals surface area contributed by atoms with Crippen molar-refractivity contribution < 1.29 is 18.4 Å². The third-order valence-electron chi connectivity index (χ3n) is 2.24. The van der Waals surface area contributed by atoms with Crippen molar-refractivity contribution in [2.75, 3.05) is 4.72 Å². The molecule has 2 aromatic heterocycles. The Morgan fingerprint density at radius 1 is 1.25 bits per heavy atom. The summed E-state index contributed by atoms with van der Waals surface area (Å²) in [7, 11) is -4.04. The van der Waals surface area contributed by atoms with Gasteiger partial charge >= 0.3 is 5.82 Å². The first-order chi connectivity index (χ1) is 9.40. The monoisotopic (exact) mass is 296 g/mol. The summed E-state index contributed by atoms with van der Waals surface area (Å²) in [6.07, 6.45) is 2.14. The van der Waals surface area contributed by atoms with Crippen molar-refractivity contribution in [1.29, 1.82) is 0 Å². The Balaban J connectivity index is 2.31. The van der Waals surface area contributed by atoms with E-state index in [0.717, 1.165) is 18.3 Å². The molecule has 9 nitrogen and oxygen atoms in total. The van der Waals surface area contributed by atoms with Crippen LogP contribution >= 0.6 is 0 Å². The van der Waals surface area contributed by atoms with Crippen molar-refractivity contribution in [2.24, 2.45) is 0 Å². The number of aromatic nitrogens is 2. The van der Waals surface area contributed by atoms with Gasteiger partial charge in [-0.25, -0.2) is 13.4 Å². The van der Waals surface area contributed by atoms with Gasteiger partial charge in [-0.15, -0.1) is 0 Å². The summed E-state index contributed by atoms with van der Waals surface area (Å²) >= 11 is 0. The Bertz CT molecular complexity index is 744. The van der Waals surface area contributed by atoms with E-state index in [0.29, 0.717) is 0 Å². The van der Waals surface area contributed by atoms with Gasteiger partial charge in [0.25, 0.3) is 10.0 Å². The summed E-state index contributed by atoms with van der Waals surface area (Å²) < 4.78 is 26.0. The zero-order chi connectivity index (χ0) is 14.8. The largest absolute Gasteiger partial charge is 0.504 e. The van der Waals surface area contributed by atoms with Crippen LogP contribution in [-0.4, -0.2) is 28.4 Å². The van der Waals surface area contributed by atoms with E-state index >= 15 is 0 Å². The summed E-state index contributed by atoms with van der Waals surface area (Å²) in [6.45, 7) is 0. The third-order valence-corrected chi connectivity index (χ3v) is 3.56. The average molecular weight is 296 g/mol. The number of hydrogen-bond acceptors (Lipinski definition) is 7. The summed E-state index contributed by atoms with van der Waals surface area (Å²) in [6, 6.07) is 4.69. The van der Waals surface area contributed by atoms with Crippen molar-refractivity contribution >= 4 is 21.7 Å². The topological polar surface area (TPSA) is 135 Å². The quantitative estimate of drug-likeness (QED) is 0.631. The van der Waals surface area contributed by atoms with Crippen LogP contribution in [0.25, 0.3) is 0 Å². The molecule has 0 saturated carbocycles. The van der Waals surface area contributed by atoms with Crippen LogP contribution in [0.2, 0.25) is 0 Å². The maximum Gasteiger partial charge on any atom is 0.363 e. The first kappa shape index (κ1) is 13.7. The Labute approximate surface area is 113 Å². The molecule has 0 aliphatic rings. The number of nitrogens with one attached hydrogen (secondary N) is 1. The molecule has 10 heteroatoms. The highest BCUT2D eigenvalue weighted by atomic mass is 32.2. The average Bonchev–Trinajstić information content (AvgIpc) is 2.41. The van der Waals surface area contributed by atoms with Crippen molar-refractivity contribution in [3.8, 4) is 5.75 Å². The van der Waals surface area contributed by atoms with Crippen molar-refractivity contribution in [3.63, 3.8) is 0 Å². The molecule has 0 atom stereocenters. The van der Waals surface area contributed by atoms with Crippen LogP contribution in [0.5, 0.6) is 5.75 Å². The fourth-order valence-corrected chi connectivity index (χ4v) is 2.27. The van der Waals surface area contributed by atoms with Crippen LogP contribution in [0.4, 0.5) is 11.6 Å². The molecule has 104 valence electrons. The fraction of sp³-hybridized carbons (Fsp3) is 0. The molecule has 0 unspecified atom stereocenters. The highest BCUT2D eigenvalue weighted by Gasteiger charge is 2.20. The predicted molar refractivity (Wildman–Crippen MR) is 67.6 cm³/mol. The molecular formula is C10H8N4O5S. The predicted octanol–water partition coefficient (Wildman–Crippen LogP) is 0.891. The van der Waals surface area contributed by atoms with Gasteiger partial charge in [-0.3, -0.25) is 4.72 Å². The second-order valence-corrected chi connectivity index (χ2v) is 5.27. The van der Waals surface area contributed by atoms with Gasteiger partial charge in [0.2, 0.25) is 0 Å². The molecule has 0 saturated heterocycles. The van der Waals surface area contributed by atoms with Crippen molar-refractivity contribution in [3.05, 3.63) is 46.8 Å². The Kier molecular flexibility index (Phi) is 3.48. The van der Waals surface area contributed by atoms with Crippen LogP contribution in [-0.2, 0) is 10.0 Å². The van der Waals surface area contributed by atoms with E-state index in [-0.39, 0.29) is 16.5 Å². The number of nitrogens with zero attached hydrogens (tertiary/aromatic N) is 3. The lowest BCUT2D eigenvalue weighted by atomic mass is 10.4. The molecule has 0 aromatic carbocycles. The molecule has 0 spiro atoms. The van der Waals surface area contributed by atoms with Crippen LogP contribution in [0, 0.1) is 10.1 Å². The lowest BCUT2D eigenvalue weighted by Gasteiger charge is -2.07. The Hall–Kier alpha value is -2.75. The van der Waals surface area contributed by atoms with Gasteiger partial charge in [0.1, 0.15) is 4.90 Å². The molecule has 0 radical (unpaired) electrons. The van der Waals surface area contributed by atoms with Gasteiger partial charge in [0, 0.05) is 12.3 Å². The Morgan fingerprint density at radius 3 is 2.55 bits per heavy atom. The maximum absolute atomic E-state index is 12.0. The Morgan fingerprint density at radius 2 is 2.00 bits per heavy atom. The first-order valence-electron chi connectivity index (χ1n) is 5.17.